The minimum atomic E-state index is -0.0802. The third kappa shape index (κ3) is 10.1. The Morgan fingerprint density at radius 2 is 1.96 bits per heavy atom. The van der Waals surface area contributed by atoms with Gasteiger partial charge in [-0.1, -0.05) is 5.16 Å². The molecule has 132 valence electrons. The van der Waals surface area contributed by atoms with E-state index in [9.17, 15) is 4.79 Å². The first-order valence-corrected chi connectivity index (χ1v) is 7.09. The number of quaternary nitrogens is 1. The van der Waals surface area contributed by atoms with Crippen LogP contribution >= 0.6 is 0 Å². The molecule has 0 saturated heterocycles. The lowest BCUT2D eigenvalue weighted by Gasteiger charge is -2.23. The number of hydrogen-bond acceptors (Lipinski definition) is 3. The fourth-order valence-electron chi connectivity index (χ4n) is 1.96. The number of amides is 1. The summed E-state index contributed by atoms with van der Waals surface area (Å²) in [5.74, 6) is -0.0802. The molecule has 6 nitrogen and oxygen atoms in total. The number of carbonyl (C=O) groups is 1. The minimum absolute atomic E-state index is 0. The molecule has 0 aliphatic rings. The molecular weight excluding hydrogens is 522 g/mol. The van der Waals surface area contributed by atoms with Gasteiger partial charge >= 0.3 is 0 Å². The molecule has 0 aliphatic heterocycles. The lowest BCUT2D eigenvalue weighted by atomic mass is 10.2. The highest BCUT2D eigenvalue weighted by atomic mass is 127. The van der Waals surface area contributed by atoms with Gasteiger partial charge in [0.1, 0.15) is 18.8 Å². The molecule has 1 rings (SSSR count). The number of nitrogens with one attached hydrogen (secondary N) is 1. The van der Waals surface area contributed by atoms with Gasteiger partial charge in [-0.25, -0.2) is 0 Å². The van der Waals surface area contributed by atoms with Crippen LogP contribution in [0.15, 0.2) is 23.5 Å². The van der Waals surface area contributed by atoms with Gasteiger partial charge in [0, 0.05) is 12.6 Å². The van der Waals surface area contributed by atoms with Crippen molar-refractivity contribution in [2.75, 3.05) is 34.2 Å². The predicted octanol–water partition coefficient (Wildman–Crippen LogP) is -5.46. The molecule has 8 heteroatoms. The van der Waals surface area contributed by atoms with Crippen LogP contribution in [-0.2, 0) is 7.05 Å². The number of aromatic nitrogens is 1. The van der Waals surface area contributed by atoms with Crippen molar-refractivity contribution in [1.82, 2.24) is 5.32 Å². The molecule has 23 heavy (non-hydrogen) atoms. The van der Waals surface area contributed by atoms with E-state index in [1.165, 1.54) is 6.21 Å². The maximum Gasteiger partial charge on any atom is 0.257 e. The Morgan fingerprint density at radius 1 is 1.30 bits per heavy atom. The standard InChI is InChI=1S/C15H24N4O2.2HI/c1-18-12-13(7-8-14(18)11-17-21)15(20)16-9-5-6-10-19(2,3)4;;/h7-8,11-12H,5-6,9-10H2,1-4H3;2*1H. The molecule has 1 amide bonds. The van der Waals surface area contributed by atoms with E-state index in [1.54, 1.807) is 29.9 Å². The number of rotatable bonds is 7. The van der Waals surface area contributed by atoms with E-state index in [4.69, 9.17) is 5.21 Å². The van der Waals surface area contributed by atoms with Crippen LogP contribution in [-0.4, -0.2) is 56.0 Å². The van der Waals surface area contributed by atoms with E-state index in [0.29, 0.717) is 12.1 Å². The first-order chi connectivity index (χ1) is 9.83. The minimum Gasteiger partial charge on any atom is -1.00 e. The third-order valence-corrected chi connectivity index (χ3v) is 3.17. The van der Waals surface area contributed by atoms with Crippen LogP contribution in [0.2, 0.25) is 0 Å². The summed E-state index contributed by atoms with van der Waals surface area (Å²) >= 11 is 0. The molecule has 0 bridgehead atoms. The summed E-state index contributed by atoms with van der Waals surface area (Å²) in [6, 6.07) is 3.46. The molecule has 1 aromatic rings. The highest BCUT2D eigenvalue weighted by Crippen LogP contribution is 1.99. The zero-order valence-corrected chi connectivity index (χ0v) is 18.4. The van der Waals surface area contributed by atoms with Gasteiger partial charge in [0.25, 0.3) is 5.91 Å². The summed E-state index contributed by atoms with van der Waals surface area (Å²) in [4.78, 5) is 12.0. The fraction of sp³-hybridized carbons (Fsp3) is 0.533. The zero-order chi connectivity index (χ0) is 15.9. The van der Waals surface area contributed by atoms with Crippen molar-refractivity contribution in [2.24, 2.45) is 12.2 Å². The number of oxime groups is 1. The lowest BCUT2D eigenvalue weighted by Crippen LogP contribution is -3.00. The quantitative estimate of drug-likeness (QED) is 0.0681. The smallest absolute Gasteiger partial charge is 0.257 e. The Balaban J connectivity index is 0. The fourth-order valence-corrected chi connectivity index (χ4v) is 1.96. The number of aryl methyl sites for hydroxylation is 1. The Kier molecular flexibility index (Phi) is 12.9. The van der Waals surface area contributed by atoms with Crippen molar-refractivity contribution < 1.29 is 67.0 Å². The number of pyridine rings is 1. The maximum absolute atomic E-state index is 12.0. The average molecular weight is 548 g/mol. The van der Waals surface area contributed by atoms with E-state index >= 15 is 0 Å². The van der Waals surface area contributed by atoms with Crippen molar-refractivity contribution in [3.63, 3.8) is 0 Å². The monoisotopic (exact) mass is 548 g/mol. The first kappa shape index (κ1) is 24.8. The summed E-state index contributed by atoms with van der Waals surface area (Å²) in [7, 11) is 8.29. The SMILES string of the molecule is C[n+]1cc(C(=O)NCCCC[N+](C)(C)C)ccc1/C=N/O.[I-].[I-]. The molecule has 0 fully saturated rings. The number of unbranched alkanes of at least 4 members (excludes halogenated alkanes) is 1. The number of halogens is 2. The Bertz CT molecular complexity index is 517. The molecule has 2 N–H and O–H groups in total. The molecule has 0 radical (unpaired) electrons. The van der Waals surface area contributed by atoms with Crippen molar-refractivity contribution in [2.45, 2.75) is 12.8 Å². The van der Waals surface area contributed by atoms with Crippen molar-refractivity contribution in [3.8, 4) is 0 Å². The van der Waals surface area contributed by atoms with Gasteiger partial charge in [-0.3, -0.25) is 4.79 Å². The van der Waals surface area contributed by atoms with Gasteiger partial charge in [-0.15, -0.1) is 0 Å². The van der Waals surface area contributed by atoms with Crippen LogP contribution in [0.4, 0.5) is 0 Å². The molecule has 0 atom stereocenters. The van der Waals surface area contributed by atoms with E-state index < -0.39 is 0 Å². The van der Waals surface area contributed by atoms with Crippen molar-refractivity contribution in [3.05, 3.63) is 29.6 Å². The Hall–Kier alpha value is -0.490. The van der Waals surface area contributed by atoms with Crippen LogP contribution in [0.1, 0.15) is 28.9 Å². The molecule has 0 saturated carbocycles. The first-order valence-electron chi connectivity index (χ1n) is 7.09. The molecule has 0 spiro atoms. The van der Waals surface area contributed by atoms with E-state index in [1.807, 2.05) is 0 Å². The highest BCUT2D eigenvalue weighted by molar-refractivity contribution is 5.93. The second-order valence-electron chi connectivity index (χ2n) is 6.18. The van der Waals surface area contributed by atoms with Crippen LogP contribution < -0.4 is 57.8 Å². The predicted molar refractivity (Wildman–Crippen MR) is 81.5 cm³/mol. The number of hydrogen-bond donors (Lipinski definition) is 2. The van der Waals surface area contributed by atoms with Crippen LogP contribution in [0.3, 0.4) is 0 Å². The molecule has 1 aromatic heterocycles. The molecule has 1 heterocycles. The van der Waals surface area contributed by atoms with E-state index in [2.05, 4.69) is 31.6 Å². The van der Waals surface area contributed by atoms with Gasteiger partial charge < -0.3 is 63.0 Å². The number of nitrogens with zero attached hydrogens (tertiary/aromatic N) is 3. The van der Waals surface area contributed by atoms with Crippen LogP contribution in [0.25, 0.3) is 0 Å². The second kappa shape index (κ2) is 12.0. The summed E-state index contributed by atoms with van der Waals surface area (Å²) < 4.78 is 2.68. The van der Waals surface area contributed by atoms with Gasteiger partial charge in [0.2, 0.25) is 5.69 Å². The van der Waals surface area contributed by atoms with Crippen LogP contribution in [0, 0.1) is 0 Å². The number of carbonyl (C=O) groups excluding carboxylic acids is 1. The summed E-state index contributed by atoms with van der Waals surface area (Å²) in [5, 5.41) is 14.4. The van der Waals surface area contributed by atoms with Crippen LogP contribution in [0.5, 0.6) is 0 Å². The van der Waals surface area contributed by atoms with Gasteiger partial charge in [-0.05, 0) is 18.9 Å². The largest absolute Gasteiger partial charge is 1.00 e. The van der Waals surface area contributed by atoms with Crippen molar-refractivity contribution >= 4 is 12.1 Å². The van der Waals surface area contributed by atoms with Gasteiger partial charge in [0.15, 0.2) is 6.20 Å². The lowest BCUT2D eigenvalue weighted by molar-refractivity contribution is -0.870. The molecule has 0 aliphatic carbocycles. The Labute approximate surface area is 172 Å². The summed E-state index contributed by atoms with van der Waals surface area (Å²) in [5.41, 5.74) is 1.32. The zero-order valence-electron chi connectivity index (χ0n) is 14.1. The average Bonchev–Trinajstić information content (AvgIpc) is 2.39. The highest BCUT2D eigenvalue weighted by Gasteiger charge is 2.12. The summed E-state index contributed by atoms with van der Waals surface area (Å²) in [6.45, 7) is 1.78. The van der Waals surface area contributed by atoms with Gasteiger partial charge in [0.05, 0.1) is 27.7 Å². The molecule has 0 aromatic carbocycles. The maximum atomic E-state index is 12.0. The van der Waals surface area contributed by atoms with E-state index in [-0.39, 0.29) is 53.9 Å². The molecular formula is C15H26I2N4O2. The van der Waals surface area contributed by atoms with Gasteiger partial charge in [-0.2, -0.15) is 4.57 Å². The topological polar surface area (TPSA) is 65.6 Å². The second-order valence-corrected chi connectivity index (χ2v) is 6.18. The Morgan fingerprint density at radius 3 is 2.48 bits per heavy atom. The normalized spacial score (nSPS) is 10.8. The summed E-state index contributed by atoms with van der Waals surface area (Å²) in [6.07, 6.45) is 5.11. The molecule has 0 unspecified atom stereocenters. The third-order valence-electron chi connectivity index (χ3n) is 3.17. The van der Waals surface area contributed by atoms with E-state index in [0.717, 1.165) is 29.6 Å². The van der Waals surface area contributed by atoms with Crippen molar-refractivity contribution in [1.29, 1.82) is 0 Å².